The van der Waals surface area contributed by atoms with Gasteiger partial charge in [0.05, 0.1) is 24.0 Å². The molecule has 0 radical (unpaired) electrons. The molecular formula is C14H17NO5. The highest BCUT2D eigenvalue weighted by atomic mass is 16.5. The van der Waals surface area contributed by atoms with Crippen molar-refractivity contribution in [3.8, 4) is 0 Å². The number of hydrogen-bond donors (Lipinski definition) is 3. The Morgan fingerprint density at radius 3 is 2.55 bits per heavy atom. The Hall–Kier alpha value is -1.92. The van der Waals surface area contributed by atoms with Crippen molar-refractivity contribution in [1.29, 1.82) is 0 Å². The lowest BCUT2D eigenvalue weighted by Crippen LogP contribution is -2.67. The van der Waals surface area contributed by atoms with Gasteiger partial charge < -0.3 is 20.7 Å². The van der Waals surface area contributed by atoms with Crippen LogP contribution in [0.4, 0.5) is 0 Å². The molecule has 1 aliphatic rings. The number of carbonyl (C=O) groups excluding carboxylic acids is 1. The van der Waals surface area contributed by atoms with Crippen LogP contribution in [0.25, 0.3) is 0 Å². The maximum Gasteiger partial charge on any atom is 0.312 e. The molecule has 108 valence electrons. The van der Waals surface area contributed by atoms with E-state index in [0.29, 0.717) is 0 Å². The van der Waals surface area contributed by atoms with Gasteiger partial charge in [0.2, 0.25) is 0 Å². The summed E-state index contributed by atoms with van der Waals surface area (Å²) in [6.07, 6.45) is -1.42. The van der Waals surface area contributed by atoms with Crippen molar-refractivity contribution in [2.45, 2.75) is 31.1 Å². The molecular weight excluding hydrogens is 262 g/mol. The van der Waals surface area contributed by atoms with Gasteiger partial charge in [0.15, 0.2) is 0 Å². The van der Waals surface area contributed by atoms with Crippen LogP contribution in [-0.2, 0) is 20.9 Å². The first-order valence-electron chi connectivity index (χ1n) is 6.32. The normalized spacial score (nSPS) is 28.5. The van der Waals surface area contributed by atoms with Gasteiger partial charge >= 0.3 is 11.9 Å². The SMILES string of the molecule is NC1(CC(=O)O)CC(C(=O)OCc2ccccc2)C1O. The lowest BCUT2D eigenvalue weighted by molar-refractivity contribution is -0.172. The number of aliphatic hydroxyl groups excluding tert-OH is 1. The predicted octanol–water partition coefficient (Wildman–Crippen LogP) is 0.283. The van der Waals surface area contributed by atoms with Crippen LogP contribution in [-0.4, -0.2) is 33.8 Å². The highest BCUT2D eigenvalue weighted by molar-refractivity contribution is 5.77. The molecule has 6 heteroatoms. The molecule has 0 bridgehead atoms. The van der Waals surface area contributed by atoms with Crippen molar-refractivity contribution < 1.29 is 24.5 Å². The summed E-state index contributed by atoms with van der Waals surface area (Å²) in [5.74, 6) is -2.39. The van der Waals surface area contributed by atoms with E-state index in [9.17, 15) is 14.7 Å². The summed E-state index contributed by atoms with van der Waals surface area (Å²) in [6, 6.07) is 9.16. The number of aliphatic carboxylic acids is 1. The zero-order chi connectivity index (χ0) is 14.8. The average Bonchev–Trinajstić information content (AvgIpc) is 2.42. The van der Waals surface area contributed by atoms with Gasteiger partial charge in [-0.1, -0.05) is 30.3 Å². The molecule has 4 N–H and O–H groups in total. The number of carbonyl (C=O) groups is 2. The van der Waals surface area contributed by atoms with Crippen LogP contribution in [0, 0.1) is 5.92 Å². The lowest BCUT2D eigenvalue weighted by atomic mass is 9.64. The van der Waals surface area contributed by atoms with Gasteiger partial charge in [-0.2, -0.15) is 0 Å². The average molecular weight is 279 g/mol. The molecule has 0 spiro atoms. The first-order chi connectivity index (χ1) is 9.42. The molecule has 0 aliphatic heterocycles. The number of hydrogen-bond acceptors (Lipinski definition) is 5. The molecule has 6 nitrogen and oxygen atoms in total. The third-order valence-corrected chi connectivity index (χ3v) is 3.58. The second kappa shape index (κ2) is 5.60. The minimum Gasteiger partial charge on any atom is -0.481 e. The minimum absolute atomic E-state index is 0.119. The summed E-state index contributed by atoms with van der Waals surface area (Å²) in [5.41, 5.74) is 5.36. The van der Waals surface area contributed by atoms with E-state index in [2.05, 4.69) is 0 Å². The Balaban J connectivity index is 1.85. The molecule has 1 saturated carbocycles. The molecule has 0 heterocycles. The van der Waals surface area contributed by atoms with Gasteiger partial charge in [0.25, 0.3) is 0 Å². The monoisotopic (exact) mass is 279 g/mol. The van der Waals surface area contributed by atoms with Crippen molar-refractivity contribution in [2.75, 3.05) is 0 Å². The van der Waals surface area contributed by atoms with Crippen LogP contribution in [0.3, 0.4) is 0 Å². The van der Waals surface area contributed by atoms with Crippen LogP contribution in [0.1, 0.15) is 18.4 Å². The van der Waals surface area contributed by atoms with E-state index in [1.807, 2.05) is 30.3 Å². The smallest absolute Gasteiger partial charge is 0.312 e. The van der Waals surface area contributed by atoms with Crippen LogP contribution >= 0.6 is 0 Å². The number of nitrogens with two attached hydrogens (primary N) is 1. The van der Waals surface area contributed by atoms with E-state index >= 15 is 0 Å². The standard InChI is InChI=1S/C14H17NO5/c15-14(7-11(16)17)6-10(12(14)18)13(19)20-8-9-4-2-1-3-5-9/h1-5,10,12,18H,6-8,15H2,(H,16,17). The molecule has 3 unspecified atom stereocenters. The molecule has 2 rings (SSSR count). The lowest BCUT2D eigenvalue weighted by Gasteiger charge is -2.47. The van der Waals surface area contributed by atoms with E-state index < -0.39 is 29.5 Å². The molecule has 0 amide bonds. The van der Waals surface area contributed by atoms with E-state index in [4.69, 9.17) is 15.6 Å². The molecule has 1 aromatic rings. The number of esters is 1. The van der Waals surface area contributed by atoms with E-state index in [0.717, 1.165) is 5.56 Å². The van der Waals surface area contributed by atoms with Crippen molar-refractivity contribution in [2.24, 2.45) is 11.7 Å². The first-order valence-corrected chi connectivity index (χ1v) is 6.32. The Kier molecular flexibility index (Phi) is 4.06. The number of benzene rings is 1. The van der Waals surface area contributed by atoms with E-state index in [1.54, 1.807) is 0 Å². The summed E-state index contributed by atoms with van der Waals surface area (Å²) in [4.78, 5) is 22.4. The fourth-order valence-corrected chi connectivity index (χ4v) is 2.39. The van der Waals surface area contributed by atoms with Gasteiger partial charge in [-0.3, -0.25) is 9.59 Å². The Labute approximate surface area is 116 Å². The van der Waals surface area contributed by atoms with Crippen LogP contribution in [0.15, 0.2) is 30.3 Å². The molecule has 0 aromatic heterocycles. The largest absolute Gasteiger partial charge is 0.481 e. The van der Waals surface area contributed by atoms with Crippen molar-refractivity contribution >= 4 is 11.9 Å². The fraction of sp³-hybridized carbons (Fsp3) is 0.429. The molecule has 1 fully saturated rings. The summed E-state index contributed by atoms with van der Waals surface area (Å²) in [6.45, 7) is 0.124. The van der Waals surface area contributed by atoms with Gasteiger partial charge in [-0.25, -0.2) is 0 Å². The van der Waals surface area contributed by atoms with Crippen molar-refractivity contribution in [3.63, 3.8) is 0 Å². The second-order valence-electron chi connectivity index (χ2n) is 5.15. The highest BCUT2D eigenvalue weighted by Crippen LogP contribution is 2.39. The number of carboxylic acid groups (broad SMARTS) is 1. The van der Waals surface area contributed by atoms with E-state index in [1.165, 1.54) is 0 Å². The quantitative estimate of drug-likeness (QED) is 0.668. The summed E-state index contributed by atoms with van der Waals surface area (Å²) in [7, 11) is 0. The van der Waals surface area contributed by atoms with Crippen LogP contribution in [0.5, 0.6) is 0 Å². The third-order valence-electron chi connectivity index (χ3n) is 3.58. The van der Waals surface area contributed by atoms with Crippen molar-refractivity contribution in [3.05, 3.63) is 35.9 Å². The predicted molar refractivity (Wildman–Crippen MR) is 69.5 cm³/mol. The molecule has 1 aromatic carbocycles. The number of rotatable bonds is 5. The molecule has 20 heavy (non-hydrogen) atoms. The van der Waals surface area contributed by atoms with Gasteiger partial charge in [0.1, 0.15) is 6.61 Å². The number of aliphatic hydroxyl groups is 1. The zero-order valence-corrected chi connectivity index (χ0v) is 10.9. The second-order valence-corrected chi connectivity index (χ2v) is 5.15. The highest BCUT2D eigenvalue weighted by Gasteiger charge is 2.55. The van der Waals surface area contributed by atoms with Gasteiger partial charge in [0, 0.05) is 0 Å². The molecule has 3 atom stereocenters. The zero-order valence-electron chi connectivity index (χ0n) is 10.9. The number of carboxylic acids is 1. The maximum atomic E-state index is 11.8. The van der Waals surface area contributed by atoms with Gasteiger partial charge in [-0.05, 0) is 12.0 Å². The van der Waals surface area contributed by atoms with Crippen LogP contribution in [0.2, 0.25) is 0 Å². The summed E-state index contributed by atoms with van der Waals surface area (Å²) < 4.78 is 5.10. The summed E-state index contributed by atoms with van der Waals surface area (Å²) in [5, 5.41) is 18.6. The maximum absolute atomic E-state index is 11.8. The van der Waals surface area contributed by atoms with Crippen LogP contribution < -0.4 is 5.73 Å². The fourth-order valence-electron chi connectivity index (χ4n) is 2.39. The summed E-state index contributed by atoms with van der Waals surface area (Å²) >= 11 is 0. The van der Waals surface area contributed by atoms with E-state index in [-0.39, 0.29) is 19.4 Å². The Morgan fingerprint density at radius 2 is 2.00 bits per heavy atom. The number of ether oxygens (including phenoxy) is 1. The molecule has 1 aliphatic carbocycles. The Bertz CT molecular complexity index is 504. The minimum atomic E-state index is -1.23. The Morgan fingerprint density at radius 1 is 1.35 bits per heavy atom. The topological polar surface area (TPSA) is 110 Å². The molecule has 0 saturated heterocycles. The first kappa shape index (κ1) is 14.5. The third kappa shape index (κ3) is 2.97. The van der Waals surface area contributed by atoms with Crippen molar-refractivity contribution in [1.82, 2.24) is 0 Å². The van der Waals surface area contributed by atoms with Gasteiger partial charge in [-0.15, -0.1) is 0 Å².